The fraction of sp³-hybridized carbons (Fsp3) is 0.235. The van der Waals surface area contributed by atoms with Gasteiger partial charge in [0.25, 0.3) is 0 Å². The maximum atomic E-state index is 11.4. The molecule has 1 aliphatic heterocycles. The summed E-state index contributed by atoms with van der Waals surface area (Å²) in [7, 11) is -3.27. The molecule has 6 nitrogen and oxygen atoms in total. The number of nitrogens with one attached hydrogen (secondary N) is 2. The van der Waals surface area contributed by atoms with E-state index >= 15 is 0 Å². The third-order valence-corrected chi connectivity index (χ3v) is 5.19. The van der Waals surface area contributed by atoms with Crippen molar-refractivity contribution in [2.24, 2.45) is 0 Å². The van der Waals surface area contributed by atoms with E-state index in [-0.39, 0.29) is 0 Å². The van der Waals surface area contributed by atoms with Gasteiger partial charge in [-0.3, -0.25) is 9.82 Å². The number of anilines is 2. The summed E-state index contributed by atoms with van der Waals surface area (Å²) in [4.78, 5) is 2.27. The molecule has 4 rings (SSSR count). The number of hydrogen-bond donors (Lipinski definition) is 2. The molecule has 25 heavy (non-hydrogen) atoms. The highest BCUT2D eigenvalue weighted by molar-refractivity contribution is 7.92. The van der Waals surface area contributed by atoms with Gasteiger partial charge in [0.1, 0.15) is 0 Å². The second kappa shape index (κ2) is 5.93. The van der Waals surface area contributed by atoms with E-state index < -0.39 is 10.0 Å². The minimum Gasteiger partial charge on any atom is -0.366 e. The summed E-state index contributed by atoms with van der Waals surface area (Å²) in [6.45, 7) is 1.57. The lowest BCUT2D eigenvalue weighted by molar-refractivity contribution is 0.607. The minimum atomic E-state index is -3.27. The Hall–Kier alpha value is -2.25. The highest BCUT2D eigenvalue weighted by Gasteiger charge is 2.20. The molecule has 0 amide bonds. The van der Waals surface area contributed by atoms with Gasteiger partial charge in [0.05, 0.1) is 18.0 Å². The summed E-state index contributed by atoms with van der Waals surface area (Å²) >= 11 is 6.24. The van der Waals surface area contributed by atoms with Crippen molar-refractivity contribution >= 4 is 43.9 Å². The van der Waals surface area contributed by atoms with Crippen molar-refractivity contribution in [1.82, 2.24) is 10.2 Å². The monoisotopic (exact) mass is 376 g/mol. The molecule has 8 heteroatoms. The van der Waals surface area contributed by atoms with E-state index in [1.807, 2.05) is 30.5 Å². The van der Waals surface area contributed by atoms with E-state index in [0.717, 1.165) is 47.9 Å². The van der Waals surface area contributed by atoms with Crippen LogP contribution in [-0.4, -0.2) is 31.4 Å². The van der Waals surface area contributed by atoms with Gasteiger partial charge in [-0.25, -0.2) is 8.42 Å². The second-order valence-corrected chi connectivity index (χ2v) is 8.47. The van der Waals surface area contributed by atoms with Gasteiger partial charge in [0.2, 0.25) is 10.0 Å². The molecule has 0 aliphatic carbocycles. The Labute approximate surface area is 150 Å². The summed E-state index contributed by atoms with van der Waals surface area (Å²) in [5.74, 6) is 0. The number of benzene rings is 2. The highest BCUT2D eigenvalue weighted by atomic mass is 35.5. The fourth-order valence-electron chi connectivity index (χ4n) is 3.30. The van der Waals surface area contributed by atoms with Crippen LogP contribution in [0.3, 0.4) is 0 Å². The van der Waals surface area contributed by atoms with Crippen LogP contribution >= 0.6 is 11.6 Å². The third kappa shape index (κ3) is 3.29. The minimum absolute atomic E-state index is 0.606. The smallest absolute Gasteiger partial charge is 0.229 e. The average molecular weight is 377 g/mol. The van der Waals surface area contributed by atoms with Crippen LogP contribution in [-0.2, 0) is 23.0 Å². The van der Waals surface area contributed by atoms with Gasteiger partial charge in [0, 0.05) is 34.9 Å². The molecule has 3 aromatic rings. The molecule has 2 heterocycles. The van der Waals surface area contributed by atoms with Crippen LogP contribution in [0.4, 0.5) is 11.4 Å². The topological polar surface area (TPSA) is 78.1 Å². The zero-order valence-electron chi connectivity index (χ0n) is 13.6. The third-order valence-electron chi connectivity index (χ3n) is 4.36. The van der Waals surface area contributed by atoms with Crippen molar-refractivity contribution in [3.05, 3.63) is 52.7 Å². The Balaban J connectivity index is 1.66. The molecule has 2 N–H and O–H groups in total. The quantitative estimate of drug-likeness (QED) is 0.736. The molecule has 0 spiro atoms. The molecular formula is C17H17ClN4O2S. The molecule has 1 aromatic heterocycles. The Morgan fingerprint density at radius 2 is 2.08 bits per heavy atom. The van der Waals surface area contributed by atoms with Gasteiger partial charge in [-0.05, 0) is 41.8 Å². The van der Waals surface area contributed by atoms with Crippen molar-refractivity contribution < 1.29 is 8.42 Å². The number of fused-ring (bicyclic) bond motifs is 2. The molecule has 0 radical (unpaired) electrons. The first-order valence-corrected chi connectivity index (χ1v) is 10.1. The number of hydrogen-bond acceptors (Lipinski definition) is 4. The first-order valence-electron chi connectivity index (χ1n) is 7.86. The maximum Gasteiger partial charge on any atom is 0.229 e. The van der Waals surface area contributed by atoms with Crippen LogP contribution in [0.5, 0.6) is 0 Å². The van der Waals surface area contributed by atoms with Crippen molar-refractivity contribution in [3.8, 4) is 0 Å². The molecule has 1 aliphatic rings. The van der Waals surface area contributed by atoms with Gasteiger partial charge in [-0.1, -0.05) is 17.7 Å². The Morgan fingerprint density at radius 3 is 2.88 bits per heavy atom. The summed E-state index contributed by atoms with van der Waals surface area (Å²) in [5, 5.41) is 8.79. The van der Waals surface area contributed by atoms with Gasteiger partial charge in [-0.15, -0.1) is 0 Å². The highest BCUT2D eigenvalue weighted by Crippen LogP contribution is 2.33. The normalized spacial score (nSPS) is 14.6. The zero-order chi connectivity index (χ0) is 17.6. The summed E-state index contributed by atoms with van der Waals surface area (Å²) in [6, 6.07) is 9.53. The second-order valence-electron chi connectivity index (χ2n) is 6.29. The molecule has 130 valence electrons. The molecule has 0 saturated carbocycles. The molecule has 0 unspecified atom stereocenters. The average Bonchev–Trinajstić information content (AvgIpc) is 3.00. The van der Waals surface area contributed by atoms with Crippen molar-refractivity contribution in [3.63, 3.8) is 0 Å². The van der Waals surface area contributed by atoms with Crippen LogP contribution in [0.1, 0.15) is 11.1 Å². The maximum absolute atomic E-state index is 11.4. The number of nitrogens with zero attached hydrogens (tertiary/aromatic N) is 2. The number of rotatable bonds is 3. The molecule has 0 saturated heterocycles. The van der Waals surface area contributed by atoms with Gasteiger partial charge in [0.15, 0.2) is 0 Å². The van der Waals surface area contributed by atoms with Crippen LogP contribution in [0, 0.1) is 0 Å². The number of aromatic nitrogens is 2. The van der Waals surface area contributed by atoms with Gasteiger partial charge in [-0.2, -0.15) is 5.10 Å². The van der Waals surface area contributed by atoms with E-state index in [2.05, 4.69) is 19.8 Å². The van der Waals surface area contributed by atoms with Crippen molar-refractivity contribution in [2.45, 2.75) is 13.0 Å². The van der Waals surface area contributed by atoms with Crippen LogP contribution in [0.15, 0.2) is 36.5 Å². The van der Waals surface area contributed by atoms with Crippen LogP contribution in [0.25, 0.3) is 10.9 Å². The SMILES string of the molecule is CS(=O)(=O)Nc1ccc2c(c1)CCN(c1cc(Cl)cc3[nH]ncc13)C2. The Kier molecular flexibility index (Phi) is 3.85. The van der Waals surface area contributed by atoms with E-state index in [1.54, 1.807) is 6.07 Å². The lowest BCUT2D eigenvalue weighted by Gasteiger charge is -2.31. The molecule has 0 atom stereocenters. The fourth-order valence-corrected chi connectivity index (χ4v) is 4.06. The zero-order valence-corrected chi connectivity index (χ0v) is 15.2. The Morgan fingerprint density at radius 1 is 1.24 bits per heavy atom. The van der Waals surface area contributed by atoms with Crippen molar-refractivity contribution in [1.29, 1.82) is 0 Å². The van der Waals surface area contributed by atoms with Crippen molar-refractivity contribution in [2.75, 3.05) is 22.4 Å². The molecule has 2 aromatic carbocycles. The molecule has 0 bridgehead atoms. The Bertz CT molecular complexity index is 1060. The number of H-pyrrole nitrogens is 1. The largest absolute Gasteiger partial charge is 0.366 e. The van der Waals surface area contributed by atoms with Crippen LogP contribution in [0.2, 0.25) is 5.02 Å². The van der Waals surface area contributed by atoms with Gasteiger partial charge >= 0.3 is 0 Å². The number of sulfonamides is 1. The van der Waals surface area contributed by atoms with E-state index in [0.29, 0.717) is 10.7 Å². The first-order chi connectivity index (χ1) is 11.9. The predicted molar refractivity (Wildman–Crippen MR) is 101 cm³/mol. The lowest BCUT2D eigenvalue weighted by Crippen LogP contribution is -2.30. The molecular weight excluding hydrogens is 360 g/mol. The van der Waals surface area contributed by atoms with Gasteiger partial charge < -0.3 is 4.90 Å². The van der Waals surface area contributed by atoms with Crippen LogP contribution < -0.4 is 9.62 Å². The standard InChI is InChI=1S/C17H17ClN4O2S/c1-25(23,24)21-14-3-2-12-10-22(5-4-11(12)6-14)17-8-13(18)7-16-15(17)9-19-20-16/h2-3,6-9,21H,4-5,10H2,1H3,(H,19,20). The predicted octanol–water partition coefficient (Wildman–Crippen LogP) is 3.15. The molecule has 0 fully saturated rings. The lowest BCUT2D eigenvalue weighted by atomic mass is 9.98. The first kappa shape index (κ1) is 16.2. The van der Waals surface area contributed by atoms with E-state index in [4.69, 9.17) is 11.6 Å². The number of aromatic amines is 1. The summed E-state index contributed by atoms with van der Waals surface area (Å²) in [6.07, 6.45) is 3.81. The summed E-state index contributed by atoms with van der Waals surface area (Å²) in [5.41, 5.74) is 4.92. The summed E-state index contributed by atoms with van der Waals surface area (Å²) < 4.78 is 25.3. The van der Waals surface area contributed by atoms with E-state index in [1.165, 1.54) is 5.56 Å². The van der Waals surface area contributed by atoms with E-state index in [9.17, 15) is 8.42 Å². The number of halogens is 1.